The zero-order valence-electron chi connectivity index (χ0n) is 9.85. The molecule has 0 atom stereocenters. The Morgan fingerprint density at radius 1 is 1.25 bits per heavy atom. The first-order valence-electron chi connectivity index (χ1n) is 5.56. The molecule has 0 N–H and O–H groups in total. The Morgan fingerprint density at radius 3 is 2.69 bits per heavy atom. The second-order valence-electron chi connectivity index (χ2n) is 3.56. The number of methoxy groups -OCH3 is 1. The van der Waals surface area contributed by atoms with E-state index in [4.69, 9.17) is 16.3 Å². The van der Waals surface area contributed by atoms with Gasteiger partial charge in [-0.2, -0.15) is 0 Å². The van der Waals surface area contributed by atoms with Gasteiger partial charge in [0, 0.05) is 17.9 Å². The molecule has 0 aliphatic heterocycles. The number of aryl methyl sites for hydroxylation is 1. The minimum absolute atomic E-state index is 0.748. The van der Waals surface area contributed by atoms with Gasteiger partial charge >= 0.3 is 0 Å². The second-order valence-corrected chi connectivity index (χ2v) is 4.00. The lowest BCUT2D eigenvalue weighted by atomic mass is 10.1. The summed E-state index contributed by atoms with van der Waals surface area (Å²) in [5.74, 6) is 7.18. The molecule has 0 aliphatic carbocycles. The molecule has 0 spiro atoms. The second kappa shape index (κ2) is 7.19. The lowest BCUT2D eigenvalue weighted by Gasteiger charge is -2.06. The molecule has 86 valence electrons. The molecule has 0 unspecified atom stereocenters. The highest BCUT2D eigenvalue weighted by atomic mass is 35.5. The van der Waals surface area contributed by atoms with Crippen molar-refractivity contribution in [3.63, 3.8) is 0 Å². The van der Waals surface area contributed by atoms with Crippen LogP contribution < -0.4 is 4.74 Å². The van der Waals surface area contributed by atoms with Crippen LogP contribution in [0.2, 0.25) is 5.02 Å². The van der Waals surface area contributed by atoms with E-state index in [0.717, 1.165) is 42.0 Å². The maximum Gasteiger partial charge on any atom is 0.122 e. The molecule has 0 saturated carbocycles. The summed E-state index contributed by atoms with van der Waals surface area (Å²) in [4.78, 5) is 0. The van der Waals surface area contributed by atoms with Crippen LogP contribution in [0.15, 0.2) is 18.2 Å². The van der Waals surface area contributed by atoms with Gasteiger partial charge in [-0.05, 0) is 36.6 Å². The van der Waals surface area contributed by atoms with Crippen molar-refractivity contribution in [1.82, 2.24) is 0 Å². The zero-order chi connectivity index (χ0) is 11.8. The molecule has 0 fully saturated rings. The van der Waals surface area contributed by atoms with Crippen molar-refractivity contribution in [2.75, 3.05) is 7.11 Å². The van der Waals surface area contributed by atoms with Gasteiger partial charge in [0.15, 0.2) is 0 Å². The van der Waals surface area contributed by atoms with Crippen LogP contribution in [0.3, 0.4) is 0 Å². The fourth-order valence-corrected chi connectivity index (χ4v) is 1.64. The molecule has 16 heavy (non-hydrogen) atoms. The first-order valence-corrected chi connectivity index (χ1v) is 5.94. The first-order chi connectivity index (χ1) is 7.77. The van der Waals surface area contributed by atoms with Gasteiger partial charge in [0.1, 0.15) is 5.75 Å². The van der Waals surface area contributed by atoms with Crippen molar-refractivity contribution in [3.8, 4) is 17.6 Å². The molecule has 0 radical (unpaired) electrons. The molecule has 0 aliphatic rings. The van der Waals surface area contributed by atoms with Crippen LogP contribution in [-0.4, -0.2) is 7.11 Å². The molecule has 1 aromatic carbocycles. The summed E-state index contributed by atoms with van der Waals surface area (Å²) in [6.07, 6.45) is 3.84. The van der Waals surface area contributed by atoms with Crippen LogP contribution in [0, 0.1) is 11.8 Å². The quantitative estimate of drug-likeness (QED) is 0.716. The van der Waals surface area contributed by atoms with Crippen LogP contribution >= 0.6 is 11.6 Å². The molecular formula is C14H17ClO. The average molecular weight is 237 g/mol. The summed E-state index contributed by atoms with van der Waals surface area (Å²) in [6, 6.07) is 5.69. The molecule has 2 heteroatoms. The van der Waals surface area contributed by atoms with Crippen molar-refractivity contribution in [1.29, 1.82) is 0 Å². The van der Waals surface area contributed by atoms with Gasteiger partial charge in [0.2, 0.25) is 0 Å². The van der Waals surface area contributed by atoms with E-state index in [1.165, 1.54) is 0 Å². The first kappa shape index (κ1) is 12.9. The van der Waals surface area contributed by atoms with Gasteiger partial charge in [0.05, 0.1) is 7.11 Å². The Hall–Kier alpha value is -1.13. The molecule has 0 bridgehead atoms. The predicted molar refractivity (Wildman–Crippen MR) is 69.0 cm³/mol. The fourth-order valence-electron chi connectivity index (χ4n) is 1.44. The Kier molecular flexibility index (Phi) is 5.82. The fraction of sp³-hybridized carbons (Fsp3) is 0.429. The summed E-state index contributed by atoms with van der Waals surface area (Å²) in [5.41, 5.74) is 1.13. The third-order valence-electron chi connectivity index (χ3n) is 2.26. The Labute approximate surface area is 103 Å². The SMILES string of the molecule is CCCC#CCCc1cc(Cl)ccc1OC. The van der Waals surface area contributed by atoms with Crippen molar-refractivity contribution >= 4 is 11.6 Å². The van der Waals surface area contributed by atoms with Crippen molar-refractivity contribution in [3.05, 3.63) is 28.8 Å². The van der Waals surface area contributed by atoms with Gasteiger partial charge in [-0.25, -0.2) is 0 Å². The number of ether oxygens (including phenoxy) is 1. The lowest BCUT2D eigenvalue weighted by Crippen LogP contribution is -1.91. The Morgan fingerprint density at radius 2 is 2.00 bits per heavy atom. The standard InChI is InChI=1S/C14H17ClO/c1-3-4-5-6-7-8-12-11-13(15)9-10-14(12)16-2/h9-11H,3-4,7-8H2,1-2H3. The number of hydrogen-bond donors (Lipinski definition) is 0. The molecule has 0 saturated heterocycles. The summed E-state index contributed by atoms with van der Waals surface area (Å²) < 4.78 is 5.27. The van der Waals surface area contributed by atoms with Crippen LogP contribution in [-0.2, 0) is 6.42 Å². The third-order valence-corrected chi connectivity index (χ3v) is 2.50. The number of rotatable bonds is 4. The highest BCUT2D eigenvalue weighted by molar-refractivity contribution is 6.30. The van der Waals surface area contributed by atoms with E-state index in [9.17, 15) is 0 Å². The zero-order valence-corrected chi connectivity index (χ0v) is 10.6. The highest BCUT2D eigenvalue weighted by Crippen LogP contribution is 2.23. The topological polar surface area (TPSA) is 9.23 Å². The van der Waals surface area contributed by atoms with Gasteiger partial charge in [-0.15, -0.1) is 11.8 Å². The van der Waals surface area contributed by atoms with Crippen molar-refractivity contribution in [2.45, 2.75) is 32.6 Å². The minimum Gasteiger partial charge on any atom is -0.496 e. The van der Waals surface area contributed by atoms with Gasteiger partial charge in [-0.3, -0.25) is 0 Å². The number of unbranched alkanes of at least 4 members (excludes halogenated alkanes) is 1. The van der Waals surface area contributed by atoms with Crippen LogP contribution in [0.5, 0.6) is 5.75 Å². The van der Waals surface area contributed by atoms with Crippen LogP contribution in [0.1, 0.15) is 31.7 Å². The number of hydrogen-bond acceptors (Lipinski definition) is 1. The Balaban J connectivity index is 2.59. The third kappa shape index (κ3) is 4.16. The smallest absolute Gasteiger partial charge is 0.122 e. The van der Waals surface area contributed by atoms with E-state index in [1.54, 1.807) is 7.11 Å². The maximum absolute atomic E-state index is 5.94. The average Bonchev–Trinajstić information content (AvgIpc) is 2.29. The van der Waals surface area contributed by atoms with Crippen LogP contribution in [0.25, 0.3) is 0 Å². The molecule has 1 aromatic rings. The Bertz CT molecular complexity index is 387. The maximum atomic E-state index is 5.94. The number of halogens is 1. The largest absolute Gasteiger partial charge is 0.496 e. The molecule has 1 nitrogen and oxygen atoms in total. The van der Waals surface area contributed by atoms with Crippen molar-refractivity contribution in [2.24, 2.45) is 0 Å². The van der Waals surface area contributed by atoms with E-state index in [2.05, 4.69) is 18.8 Å². The molecule has 0 aromatic heterocycles. The van der Waals surface area contributed by atoms with Gasteiger partial charge in [0.25, 0.3) is 0 Å². The molecule has 0 heterocycles. The summed E-state index contributed by atoms with van der Waals surface area (Å²) >= 11 is 5.94. The van der Waals surface area contributed by atoms with E-state index >= 15 is 0 Å². The van der Waals surface area contributed by atoms with E-state index in [-0.39, 0.29) is 0 Å². The monoisotopic (exact) mass is 236 g/mol. The molecule has 0 amide bonds. The highest BCUT2D eigenvalue weighted by Gasteiger charge is 2.02. The normalized spacial score (nSPS) is 9.44. The number of benzene rings is 1. The van der Waals surface area contributed by atoms with Gasteiger partial charge < -0.3 is 4.74 Å². The summed E-state index contributed by atoms with van der Waals surface area (Å²) in [5, 5.41) is 0.748. The van der Waals surface area contributed by atoms with E-state index in [1.807, 2.05) is 18.2 Å². The predicted octanol–water partition coefficient (Wildman–Crippen LogP) is 4.08. The van der Waals surface area contributed by atoms with E-state index < -0.39 is 0 Å². The summed E-state index contributed by atoms with van der Waals surface area (Å²) in [7, 11) is 1.68. The van der Waals surface area contributed by atoms with Gasteiger partial charge in [-0.1, -0.05) is 18.5 Å². The molecular weight excluding hydrogens is 220 g/mol. The summed E-state index contributed by atoms with van der Waals surface area (Å²) in [6.45, 7) is 2.13. The molecule has 1 rings (SSSR count). The van der Waals surface area contributed by atoms with E-state index in [0.29, 0.717) is 0 Å². The van der Waals surface area contributed by atoms with Crippen molar-refractivity contribution < 1.29 is 4.74 Å². The minimum atomic E-state index is 0.748. The lowest BCUT2D eigenvalue weighted by molar-refractivity contribution is 0.410. The van der Waals surface area contributed by atoms with Crippen LogP contribution in [0.4, 0.5) is 0 Å².